The average molecular weight is 252 g/mol. The number of rotatable bonds is 2. The Morgan fingerprint density at radius 1 is 1.62 bits per heavy atom. The molecule has 0 unspecified atom stereocenters. The van der Waals surface area contributed by atoms with E-state index in [9.17, 15) is 9.90 Å². The summed E-state index contributed by atoms with van der Waals surface area (Å²) >= 11 is 3.25. The first-order valence-corrected chi connectivity index (χ1v) is 4.20. The molecule has 0 saturated heterocycles. The number of hydrogen-bond donors (Lipinski definition) is 0. The molecule has 1 aromatic heterocycles. The summed E-state index contributed by atoms with van der Waals surface area (Å²) < 4.78 is 0.839. The van der Waals surface area contributed by atoms with Crippen LogP contribution in [0.15, 0.2) is 16.6 Å². The molecule has 1 aromatic rings. The minimum atomic E-state index is -1.11. The molecule has 0 aliphatic carbocycles. The second-order valence-corrected chi connectivity index (χ2v) is 3.38. The van der Waals surface area contributed by atoms with Crippen molar-refractivity contribution >= 4 is 21.9 Å². The molecule has 3 nitrogen and oxygen atoms in total. The van der Waals surface area contributed by atoms with Crippen molar-refractivity contribution in [2.75, 3.05) is 0 Å². The summed E-state index contributed by atoms with van der Waals surface area (Å²) in [5, 5.41) is 10.2. The third-order valence-electron chi connectivity index (χ3n) is 1.30. The van der Waals surface area contributed by atoms with Crippen molar-refractivity contribution in [3.8, 4) is 0 Å². The van der Waals surface area contributed by atoms with Crippen LogP contribution in [0.5, 0.6) is 0 Å². The van der Waals surface area contributed by atoms with Crippen molar-refractivity contribution in [1.82, 2.24) is 4.98 Å². The number of aryl methyl sites for hydroxylation is 1. The molecule has 0 bridgehead atoms. The maximum Gasteiger partial charge on any atom is 1.00 e. The number of carboxylic acid groups (broad SMARTS) is 1. The summed E-state index contributed by atoms with van der Waals surface area (Å²) in [4.78, 5) is 14.2. The van der Waals surface area contributed by atoms with E-state index in [0.717, 1.165) is 10.2 Å². The number of carboxylic acids is 1. The second-order valence-electron chi connectivity index (χ2n) is 2.47. The van der Waals surface area contributed by atoms with E-state index in [-0.39, 0.29) is 36.0 Å². The molecule has 5 heteroatoms. The summed E-state index contributed by atoms with van der Waals surface area (Å²) in [6.07, 6.45) is -0.139. The smallest absolute Gasteiger partial charge is 0.550 e. The molecule has 1 heterocycles. The van der Waals surface area contributed by atoms with Crippen LogP contribution in [0, 0.1) is 6.92 Å². The van der Waals surface area contributed by atoms with Gasteiger partial charge in [0.15, 0.2) is 0 Å². The van der Waals surface area contributed by atoms with Gasteiger partial charge in [-0.3, -0.25) is 4.98 Å². The van der Waals surface area contributed by atoms with Crippen LogP contribution < -0.4 is 34.7 Å². The SMILES string of the molecule is Cc1cc(Br)cc(CC(=O)[O-])n1.[Na+]. The van der Waals surface area contributed by atoms with Gasteiger partial charge in [0.25, 0.3) is 0 Å². The van der Waals surface area contributed by atoms with Crippen molar-refractivity contribution in [3.05, 3.63) is 28.0 Å². The van der Waals surface area contributed by atoms with Crippen LogP contribution in [-0.2, 0) is 11.2 Å². The van der Waals surface area contributed by atoms with Gasteiger partial charge in [-0.05, 0) is 19.1 Å². The van der Waals surface area contributed by atoms with Gasteiger partial charge in [-0.25, -0.2) is 0 Å². The molecule has 13 heavy (non-hydrogen) atoms. The number of carbonyl (C=O) groups excluding carboxylic acids is 1. The Balaban J connectivity index is 0.00000144. The quantitative estimate of drug-likeness (QED) is 0.544. The number of pyridine rings is 1. The summed E-state index contributed by atoms with van der Waals surface area (Å²) in [6, 6.07) is 3.49. The molecule has 0 aliphatic rings. The number of halogens is 1. The zero-order chi connectivity index (χ0) is 9.14. The largest absolute Gasteiger partial charge is 1.00 e. The molecule has 1 rings (SSSR count). The van der Waals surface area contributed by atoms with E-state index in [1.54, 1.807) is 6.07 Å². The Morgan fingerprint density at radius 3 is 2.69 bits per heavy atom. The molecule has 0 radical (unpaired) electrons. The predicted molar refractivity (Wildman–Crippen MR) is 45.4 cm³/mol. The Hall–Kier alpha value is 0.100. The predicted octanol–water partition coefficient (Wildman–Crippen LogP) is -2.55. The Bertz CT molecular complexity index is 297. The van der Waals surface area contributed by atoms with Crippen molar-refractivity contribution in [2.24, 2.45) is 0 Å². The number of aliphatic carboxylic acids is 1. The molecular weight excluding hydrogens is 245 g/mol. The maximum atomic E-state index is 10.2. The van der Waals surface area contributed by atoms with Gasteiger partial charge in [-0.2, -0.15) is 0 Å². The van der Waals surface area contributed by atoms with Crippen LogP contribution in [0.25, 0.3) is 0 Å². The van der Waals surface area contributed by atoms with E-state index in [0.29, 0.717) is 5.69 Å². The molecule has 0 aromatic carbocycles. The van der Waals surface area contributed by atoms with E-state index < -0.39 is 5.97 Å². The molecular formula is C8H7BrNNaO2. The van der Waals surface area contributed by atoms with Crippen LogP contribution >= 0.6 is 15.9 Å². The van der Waals surface area contributed by atoms with Crippen LogP contribution in [-0.4, -0.2) is 11.0 Å². The van der Waals surface area contributed by atoms with Crippen molar-refractivity contribution in [1.29, 1.82) is 0 Å². The fourth-order valence-corrected chi connectivity index (χ4v) is 1.53. The third kappa shape index (κ3) is 4.76. The van der Waals surface area contributed by atoms with E-state index in [1.807, 2.05) is 13.0 Å². The molecule has 0 fully saturated rings. The normalized spacial score (nSPS) is 9.08. The first-order chi connectivity index (χ1) is 5.58. The minimum Gasteiger partial charge on any atom is -0.550 e. The van der Waals surface area contributed by atoms with Gasteiger partial charge in [0.05, 0.1) is 0 Å². The average Bonchev–Trinajstić information content (AvgIpc) is 1.81. The number of nitrogens with zero attached hydrogens (tertiary/aromatic N) is 1. The van der Waals surface area contributed by atoms with Gasteiger partial charge >= 0.3 is 29.6 Å². The summed E-state index contributed by atoms with van der Waals surface area (Å²) in [6.45, 7) is 1.81. The van der Waals surface area contributed by atoms with Crippen LogP contribution in [0.4, 0.5) is 0 Å². The Kier molecular flexibility index (Phi) is 5.80. The van der Waals surface area contributed by atoms with Gasteiger partial charge in [0, 0.05) is 28.3 Å². The van der Waals surface area contributed by atoms with Gasteiger partial charge in [0.1, 0.15) is 0 Å². The van der Waals surface area contributed by atoms with Gasteiger partial charge in [0.2, 0.25) is 0 Å². The number of aromatic nitrogens is 1. The van der Waals surface area contributed by atoms with Crippen molar-refractivity contribution < 1.29 is 39.5 Å². The number of carbonyl (C=O) groups is 1. The van der Waals surface area contributed by atoms with E-state index in [1.165, 1.54) is 0 Å². The van der Waals surface area contributed by atoms with Crippen LogP contribution in [0.3, 0.4) is 0 Å². The van der Waals surface area contributed by atoms with E-state index in [4.69, 9.17) is 0 Å². The minimum absolute atomic E-state index is 0. The Morgan fingerprint density at radius 2 is 2.23 bits per heavy atom. The van der Waals surface area contributed by atoms with Gasteiger partial charge in [-0.1, -0.05) is 15.9 Å². The van der Waals surface area contributed by atoms with Crippen molar-refractivity contribution in [3.63, 3.8) is 0 Å². The molecule has 64 valence electrons. The second kappa shape index (κ2) is 5.75. The molecule has 0 amide bonds. The molecule has 0 atom stereocenters. The third-order valence-corrected chi connectivity index (χ3v) is 1.75. The molecule has 0 N–H and O–H groups in total. The summed E-state index contributed by atoms with van der Waals surface area (Å²) in [5.41, 5.74) is 1.31. The molecule has 0 saturated carbocycles. The zero-order valence-corrected chi connectivity index (χ0v) is 11.1. The zero-order valence-electron chi connectivity index (χ0n) is 7.50. The first kappa shape index (κ1) is 13.1. The van der Waals surface area contributed by atoms with Crippen LogP contribution in [0.1, 0.15) is 11.4 Å². The number of hydrogen-bond acceptors (Lipinski definition) is 3. The first-order valence-electron chi connectivity index (χ1n) is 3.41. The van der Waals surface area contributed by atoms with Gasteiger partial charge in [-0.15, -0.1) is 0 Å². The molecule has 0 spiro atoms. The van der Waals surface area contributed by atoms with E-state index >= 15 is 0 Å². The van der Waals surface area contributed by atoms with Crippen LogP contribution in [0.2, 0.25) is 0 Å². The van der Waals surface area contributed by atoms with Crippen molar-refractivity contribution in [2.45, 2.75) is 13.3 Å². The standard InChI is InChI=1S/C8H8BrNO2.Na/c1-5-2-6(9)3-7(10-5)4-8(11)12;/h2-3H,4H2,1H3,(H,11,12);/q;+1/p-1. The topological polar surface area (TPSA) is 53.0 Å². The Labute approximate surface area is 107 Å². The maximum absolute atomic E-state index is 10.2. The fraction of sp³-hybridized carbons (Fsp3) is 0.250. The van der Waals surface area contributed by atoms with E-state index in [2.05, 4.69) is 20.9 Å². The monoisotopic (exact) mass is 251 g/mol. The summed E-state index contributed by atoms with van der Waals surface area (Å²) in [5.74, 6) is -1.11. The molecule has 0 aliphatic heterocycles. The summed E-state index contributed by atoms with van der Waals surface area (Å²) in [7, 11) is 0. The fourth-order valence-electron chi connectivity index (χ4n) is 0.930. The van der Waals surface area contributed by atoms with Gasteiger partial charge < -0.3 is 9.90 Å².